The maximum absolute atomic E-state index is 11.6. The van der Waals surface area contributed by atoms with Crippen LogP contribution in [-0.2, 0) is 0 Å². The van der Waals surface area contributed by atoms with Gasteiger partial charge in [-0.3, -0.25) is 9.78 Å². The summed E-state index contributed by atoms with van der Waals surface area (Å²) in [6, 6.07) is 3.60. The van der Waals surface area contributed by atoms with Crippen molar-refractivity contribution in [2.75, 3.05) is 5.75 Å². The summed E-state index contributed by atoms with van der Waals surface area (Å²) in [5.74, 6) is 0.726. The summed E-state index contributed by atoms with van der Waals surface area (Å²) in [7, 11) is 0. The molecule has 1 heterocycles. The molecule has 0 aliphatic carbocycles. The van der Waals surface area contributed by atoms with Crippen molar-refractivity contribution in [2.45, 2.75) is 25.5 Å². The molecule has 0 spiro atoms. The van der Waals surface area contributed by atoms with E-state index >= 15 is 0 Å². The summed E-state index contributed by atoms with van der Waals surface area (Å²) in [6.07, 6.45) is 4.41. The predicted molar refractivity (Wildman–Crippen MR) is 60.8 cm³/mol. The quantitative estimate of drug-likeness (QED) is 0.698. The molecule has 0 aliphatic rings. The van der Waals surface area contributed by atoms with Gasteiger partial charge in [0.25, 0.3) is 0 Å². The highest BCUT2D eigenvalue weighted by atomic mass is 32.2. The SMILES string of the molecule is CCC(C)SCC(=O)c1cccnc1. The second kappa shape index (κ2) is 5.81. The lowest BCUT2D eigenvalue weighted by Gasteiger charge is -2.06. The van der Waals surface area contributed by atoms with Crippen molar-refractivity contribution in [3.8, 4) is 0 Å². The molecule has 0 aliphatic heterocycles. The van der Waals surface area contributed by atoms with E-state index in [1.807, 2.05) is 6.07 Å². The summed E-state index contributed by atoms with van der Waals surface area (Å²) >= 11 is 1.70. The van der Waals surface area contributed by atoms with E-state index in [0.717, 1.165) is 6.42 Å². The van der Waals surface area contributed by atoms with Gasteiger partial charge >= 0.3 is 0 Å². The van der Waals surface area contributed by atoms with Crippen LogP contribution in [0.5, 0.6) is 0 Å². The molecule has 76 valence electrons. The van der Waals surface area contributed by atoms with Crippen molar-refractivity contribution in [1.82, 2.24) is 4.98 Å². The molecule has 0 saturated heterocycles. The number of hydrogen-bond donors (Lipinski definition) is 0. The number of nitrogens with zero attached hydrogens (tertiary/aromatic N) is 1. The van der Waals surface area contributed by atoms with Crippen LogP contribution in [0.15, 0.2) is 24.5 Å². The highest BCUT2D eigenvalue weighted by Crippen LogP contribution is 2.15. The van der Waals surface area contributed by atoms with Gasteiger partial charge < -0.3 is 0 Å². The van der Waals surface area contributed by atoms with E-state index in [-0.39, 0.29) is 5.78 Å². The van der Waals surface area contributed by atoms with E-state index in [2.05, 4.69) is 18.8 Å². The first-order chi connectivity index (χ1) is 6.74. The van der Waals surface area contributed by atoms with Gasteiger partial charge in [0.2, 0.25) is 0 Å². The van der Waals surface area contributed by atoms with Crippen LogP contribution in [0.1, 0.15) is 30.6 Å². The van der Waals surface area contributed by atoms with Crippen LogP contribution >= 0.6 is 11.8 Å². The number of carbonyl (C=O) groups excluding carboxylic acids is 1. The molecule has 0 aromatic carbocycles. The highest BCUT2D eigenvalue weighted by molar-refractivity contribution is 8.00. The fourth-order valence-corrected chi connectivity index (χ4v) is 1.79. The molecule has 0 fully saturated rings. The lowest BCUT2D eigenvalue weighted by molar-refractivity contribution is 0.102. The highest BCUT2D eigenvalue weighted by Gasteiger charge is 2.07. The molecule has 2 nitrogen and oxygen atoms in total. The number of hydrogen-bond acceptors (Lipinski definition) is 3. The second-order valence-electron chi connectivity index (χ2n) is 3.19. The Balaban J connectivity index is 2.44. The molecule has 0 amide bonds. The molecule has 1 atom stereocenters. The molecule has 0 N–H and O–H groups in total. The van der Waals surface area contributed by atoms with E-state index in [1.54, 1.807) is 30.2 Å². The minimum atomic E-state index is 0.170. The number of Topliss-reactive ketones (excluding diaryl/α,β-unsaturated/α-hetero) is 1. The van der Waals surface area contributed by atoms with Gasteiger partial charge in [-0.15, -0.1) is 0 Å². The average molecular weight is 209 g/mol. The normalized spacial score (nSPS) is 12.4. The van der Waals surface area contributed by atoms with Crippen molar-refractivity contribution >= 4 is 17.5 Å². The van der Waals surface area contributed by atoms with Gasteiger partial charge in [0.05, 0.1) is 5.75 Å². The first kappa shape index (κ1) is 11.2. The molecular formula is C11H15NOS. The molecule has 14 heavy (non-hydrogen) atoms. The zero-order valence-electron chi connectivity index (χ0n) is 8.56. The fourth-order valence-electron chi connectivity index (χ4n) is 0.947. The van der Waals surface area contributed by atoms with Crippen LogP contribution in [0.4, 0.5) is 0 Å². The Hall–Kier alpha value is -0.830. The maximum atomic E-state index is 11.6. The zero-order valence-corrected chi connectivity index (χ0v) is 9.38. The maximum Gasteiger partial charge on any atom is 0.174 e. The molecule has 1 rings (SSSR count). The van der Waals surface area contributed by atoms with Crippen LogP contribution in [0.3, 0.4) is 0 Å². The third kappa shape index (κ3) is 3.50. The molecular weight excluding hydrogens is 194 g/mol. The van der Waals surface area contributed by atoms with E-state index in [0.29, 0.717) is 16.6 Å². The Bertz CT molecular complexity index is 287. The van der Waals surface area contributed by atoms with E-state index in [1.165, 1.54) is 0 Å². The number of rotatable bonds is 5. The number of thioether (sulfide) groups is 1. The molecule has 1 unspecified atom stereocenters. The summed E-state index contributed by atoms with van der Waals surface area (Å²) in [5, 5.41) is 0.552. The standard InChI is InChI=1S/C11H15NOS/c1-3-9(2)14-8-11(13)10-5-4-6-12-7-10/h4-7,9H,3,8H2,1-2H3. The molecule has 3 heteroatoms. The van der Waals surface area contributed by atoms with E-state index in [4.69, 9.17) is 0 Å². The summed E-state index contributed by atoms with van der Waals surface area (Å²) < 4.78 is 0. The van der Waals surface area contributed by atoms with Gasteiger partial charge in [-0.1, -0.05) is 13.8 Å². The van der Waals surface area contributed by atoms with Crippen LogP contribution in [0.2, 0.25) is 0 Å². The first-order valence-electron chi connectivity index (χ1n) is 4.79. The third-order valence-electron chi connectivity index (χ3n) is 2.06. The van der Waals surface area contributed by atoms with Gasteiger partial charge in [-0.2, -0.15) is 11.8 Å². The van der Waals surface area contributed by atoms with Gasteiger partial charge in [-0.05, 0) is 18.6 Å². The molecule has 0 bridgehead atoms. The summed E-state index contributed by atoms with van der Waals surface area (Å²) in [6.45, 7) is 4.27. The van der Waals surface area contributed by atoms with Crippen molar-refractivity contribution < 1.29 is 4.79 Å². The molecule has 1 aromatic rings. The smallest absolute Gasteiger partial charge is 0.174 e. The molecule has 0 saturated carbocycles. The first-order valence-corrected chi connectivity index (χ1v) is 5.83. The second-order valence-corrected chi connectivity index (χ2v) is 4.62. The van der Waals surface area contributed by atoms with Crippen LogP contribution < -0.4 is 0 Å². The Morgan fingerprint density at radius 1 is 1.64 bits per heavy atom. The minimum absolute atomic E-state index is 0.170. The number of ketones is 1. The lowest BCUT2D eigenvalue weighted by atomic mass is 10.2. The van der Waals surface area contributed by atoms with Crippen molar-refractivity contribution in [2.24, 2.45) is 0 Å². The van der Waals surface area contributed by atoms with Crippen LogP contribution in [0, 0.1) is 0 Å². The molecule has 0 radical (unpaired) electrons. The topological polar surface area (TPSA) is 30.0 Å². The van der Waals surface area contributed by atoms with Crippen LogP contribution in [0.25, 0.3) is 0 Å². The summed E-state index contributed by atoms with van der Waals surface area (Å²) in [5.41, 5.74) is 0.711. The van der Waals surface area contributed by atoms with Crippen molar-refractivity contribution in [1.29, 1.82) is 0 Å². The van der Waals surface area contributed by atoms with Gasteiger partial charge in [0, 0.05) is 23.2 Å². The summed E-state index contributed by atoms with van der Waals surface area (Å²) in [4.78, 5) is 15.5. The van der Waals surface area contributed by atoms with Gasteiger partial charge in [0.15, 0.2) is 5.78 Å². The fraction of sp³-hybridized carbons (Fsp3) is 0.455. The van der Waals surface area contributed by atoms with Crippen molar-refractivity contribution in [3.63, 3.8) is 0 Å². The van der Waals surface area contributed by atoms with E-state index in [9.17, 15) is 4.79 Å². The number of pyridine rings is 1. The Labute approximate surface area is 89.1 Å². The lowest BCUT2D eigenvalue weighted by Crippen LogP contribution is -2.06. The Kier molecular flexibility index (Phi) is 4.66. The Morgan fingerprint density at radius 3 is 3.00 bits per heavy atom. The van der Waals surface area contributed by atoms with Crippen LogP contribution in [-0.4, -0.2) is 21.8 Å². The molecule has 1 aromatic heterocycles. The Morgan fingerprint density at radius 2 is 2.43 bits per heavy atom. The number of carbonyl (C=O) groups is 1. The van der Waals surface area contributed by atoms with E-state index < -0.39 is 0 Å². The predicted octanol–water partition coefficient (Wildman–Crippen LogP) is 2.80. The third-order valence-corrected chi connectivity index (χ3v) is 3.39. The monoisotopic (exact) mass is 209 g/mol. The number of aromatic nitrogens is 1. The van der Waals surface area contributed by atoms with Crippen molar-refractivity contribution in [3.05, 3.63) is 30.1 Å². The minimum Gasteiger partial charge on any atom is -0.293 e. The van der Waals surface area contributed by atoms with Gasteiger partial charge in [-0.25, -0.2) is 0 Å². The largest absolute Gasteiger partial charge is 0.293 e. The van der Waals surface area contributed by atoms with Gasteiger partial charge in [0.1, 0.15) is 0 Å². The zero-order chi connectivity index (χ0) is 10.4. The average Bonchev–Trinajstić information content (AvgIpc) is 2.26.